The van der Waals surface area contributed by atoms with E-state index in [0.717, 1.165) is 31.2 Å². The number of hydrogen-bond donors (Lipinski definition) is 2. The molecule has 1 aliphatic carbocycles. The minimum atomic E-state index is -0.717. The Morgan fingerprint density at radius 2 is 2.06 bits per heavy atom. The molecule has 1 fully saturated rings. The molecule has 0 atom stereocenters. The lowest BCUT2D eigenvalue weighted by Gasteiger charge is -2.23. The van der Waals surface area contributed by atoms with Crippen LogP contribution in [0.2, 0.25) is 5.02 Å². The monoisotopic (exact) mass is 252 g/mol. The standard InChI is InChI=1S/C13H17ClN2O/c1-9-5-4-6-10(14)11(9)16-12(17)13(15)7-2-3-8-13/h4-6H,2-3,7-8,15H2,1H3,(H,16,17). The molecule has 3 nitrogen and oxygen atoms in total. The fourth-order valence-electron chi connectivity index (χ4n) is 2.26. The molecule has 0 unspecified atom stereocenters. The smallest absolute Gasteiger partial charge is 0.244 e. The number of aryl methyl sites for hydroxylation is 1. The first-order chi connectivity index (χ1) is 8.03. The van der Waals surface area contributed by atoms with Crippen LogP contribution in [0.25, 0.3) is 0 Å². The largest absolute Gasteiger partial charge is 0.323 e. The van der Waals surface area contributed by atoms with Crippen LogP contribution >= 0.6 is 11.6 Å². The second-order valence-corrected chi connectivity index (χ2v) is 5.16. The van der Waals surface area contributed by atoms with Crippen molar-refractivity contribution in [1.82, 2.24) is 0 Å². The zero-order chi connectivity index (χ0) is 12.5. The van der Waals surface area contributed by atoms with Gasteiger partial charge in [0, 0.05) is 0 Å². The number of carbonyl (C=O) groups excluding carboxylic acids is 1. The van der Waals surface area contributed by atoms with E-state index < -0.39 is 5.54 Å². The summed E-state index contributed by atoms with van der Waals surface area (Å²) in [5, 5.41) is 3.42. The van der Waals surface area contributed by atoms with Crippen molar-refractivity contribution in [3.63, 3.8) is 0 Å². The molecule has 0 aliphatic heterocycles. The summed E-state index contributed by atoms with van der Waals surface area (Å²) in [6.45, 7) is 1.92. The summed E-state index contributed by atoms with van der Waals surface area (Å²) in [6, 6.07) is 5.54. The molecule has 1 aromatic rings. The van der Waals surface area contributed by atoms with Gasteiger partial charge in [0.2, 0.25) is 5.91 Å². The van der Waals surface area contributed by atoms with E-state index in [2.05, 4.69) is 5.32 Å². The van der Waals surface area contributed by atoms with Gasteiger partial charge in [-0.15, -0.1) is 0 Å². The molecule has 1 saturated carbocycles. The number of hydrogen-bond acceptors (Lipinski definition) is 2. The highest BCUT2D eigenvalue weighted by atomic mass is 35.5. The molecule has 1 aromatic carbocycles. The zero-order valence-corrected chi connectivity index (χ0v) is 10.7. The number of rotatable bonds is 2. The van der Waals surface area contributed by atoms with Gasteiger partial charge in [0.1, 0.15) is 0 Å². The molecule has 0 saturated heterocycles. The Balaban J connectivity index is 2.18. The highest BCUT2D eigenvalue weighted by molar-refractivity contribution is 6.34. The summed E-state index contributed by atoms with van der Waals surface area (Å²) in [7, 11) is 0. The van der Waals surface area contributed by atoms with E-state index in [4.69, 9.17) is 17.3 Å². The van der Waals surface area contributed by atoms with Gasteiger partial charge >= 0.3 is 0 Å². The Kier molecular flexibility index (Phi) is 3.40. The molecule has 92 valence electrons. The predicted octanol–water partition coefficient (Wildman–Crippen LogP) is 2.86. The molecule has 1 amide bonds. The Bertz CT molecular complexity index is 419. The molecule has 0 heterocycles. The highest BCUT2D eigenvalue weighted by Crippen LogP contribution is 2.31. The first kappa shape index (κ1) is 12.4. The van der Waals surface area contributed by atoms with Gasteiger partial charge in [-0.25, -0.2) is 0 Å². The summed E-state index contributed by atoms with van der Waals surface area (Å²) in [6.07, 6.45) is 3.54. The van der Waals surface area contributed by atoms with Crippen LogP contribution in [0.1, 0.15) is 31.2 Å². The van der Waals surface area contributed by atoms with Crippen LogP contribution in [0.3, 0.4) is 0 Å². The van der Waals surface area contributed by atoms with E-state index in [0.29, 0.717) is 10.7 Å². The van der Waals surface area contributed by atoms with Gasteiger partial charge in [0.05, 0.1) is 16.2 Å². The first-order valence-corrected chi connectivity index (χ1v) is 6.26. The highest BCUT2D eigenvalue weighted by Gasteiger charge is 2.37. The lowest BCUT2D eigenvalue weighted by molar-refractivity contribution is -0.121. The van der Waals surface area contributed by atoms with Crippen molar-refractivity contribution in [3.8, 4) is 0 Å². The lowest BCUT2D eigenvalue weighted by Crippen LogP contribution is -2.48. The average molecular weight is 253 g/mol. The SMILES string of the molecule is Cc1cccc(Cl)c1NC(=O)C1(N)CCCC1. The Labute approximate surface area is 106 Å². The van der Waals surface area contributed by atoms with Gasteiger partial charge < -0.3 is 11.1 Å². The van der Waals surface area contributed by atoms with Crippen LogP contribution in [0.4, 0.5) is 5.69 Å². The van der Waals surface area contributed by atoms with Crippen LogP contribution in [-0.2, 0) is 4.79 Å². The minimum absolute atomic E-state index is 0.119. The fraction of sp³-hybridized carbons (Fsp3) is 0.462. The average Bonchev–Trinajstić information content (AvgIpc) is 2.72. The molecular weight excluding hydrogens is 236 g/mol. The maximum absolute atomic E-state index is 12.1. The number of para-hydroxylation sites is 1. The summed E-state index contributed by atoms with van der Waals surface area (Å²) in [5.74, 6) is -0.119. The predicted molar refractivity (Wildman–Crippen MR) is 70.2 cm³/mol. The summed E-state index contributed by atoms with van der Waals surface area (Å²) in [5.41, 5.74) is 7.01. The van der Waals surface area contributed by atoms with E-state index >= 15 is 0 Å². The van der Waals surface area contributed by atoms with Gasteiger partial charge in [-0.1, -0.05) is 36.6 Å². The zero-order valence-electron chi connectivity index (χ0n) is 9.92. The Hall–Kier alpha value is -1.06. The van der Waals surface area contributed by atoms with Crippen molar-refractivity contribution in [2.45, 2.75) is 38.1 Å². The third-order valence-corrected chi connectivity index (χ3v) is 3.72. The van der Waals surface area contributed by atoms with Crippen molar-refractivity contribution < 1.29 is 4.79 Å². The topological polar surface area (TPSA) is 55.1 Å². The molecule has 2 rings (SSSR count). The van der Waals surface area contributed by atoms with E-state index in [9.17, 15) is 4.79 Å². The third kappa shape index (κ3) is 2.45. The quantitative estimate of drug-likeness (QED) is 0.850. The maximum atomic E-state index is 12.1. The summed E-state index contributed by atoms with van der Waals surface area (Å²) in [4.78, 5) is 12.1. The van der Waals surface area contributed by atoms with Crippen LogP contribution in [-0.4, -0.2) is 11.4 Å². The second-order valence-electron chi connectivity index (χ2n) is 4.75. The molecule has 0 radical (unpaired) electrons. The number of halogens is 1. The van der Waals surface area contributed by atoms with Crippen LogP contribution in [0, 0.1) is 6.92 Å². The molecule has 0 spiro atoms. The van der Waals surface area contributed by atoms with Crippen molar-refractivity contribution in [2.75, 3.05) is 5.32 Å². The summed E-state index contributed by atoms with van der Waals surface area (Å²) < 4.78 is 0. The molecule has 17 heavy (non-hydrogen) atoms. The fourth-order valence-corrected chi connectivity index (χ4v) is 2.53. The first-order valence-electron chi connectivity index (χ1n) is 5.88. The molecule has 0 bridgehead atoms. The maximum Gasteiger partial charge on any atom is 0.244 e. The van der Waals surface area contributed by atoms with Crippen LogP contribution < -0.4 is 11.1 Å². The Morgan fingerprint density at radius 1 is 1.41 bits per heavy atom. The molecular formula is C13H17ClN2O. The van der Waals surface area contributed by atoms with Crippen LogP contribution in [0.5, 0.6) is 0 Å². The van der Waals surface area contributed by atoms with Crippen molar-refractivity contribution >= 4 is 23.2 Å². The molecule has 1 aliphatic rings. The van der Waals surface area contributed by atoms with E-state index in [-0.39, 0.29) is 5.91 Å². The van der Waals surface area contributed by atoms with Gasteiger partial charge in [-0.05, 0) is 31.4 Å². The number of nitrogens with two attached hydrogens (primary N) is 1. The van der Waals surface area contributed by atoms with Gasteiger partial charge in [-0.3, -0.25) is 4.79 Å². The van der Waals surface area contributed by atoms with E-state index in [1.807, 2.05) is 19.1 Å². The third-order valence-electron chi connectivity index (χ3n) is 3.41. The van der Waals surface area contributed by atoms with Gasteiger partial charge in [-0.2, -0.15) is 0 Å². The number of anilines is 1. The van der Waals surface area contributed by atoms with E-state index in [1.165, 1.54) is 0 Å². The number of amides is 1. The summed E-state index contributed by atoms with van der Waals surface area (Å²) >= 11 is 6.07. The molecule has 4 heteroatoms. The second kappa shape index (κ2) is 4.67. The number of carbonyl (C=O) groups is 1. The lowest BCUT2D eigenvalue weighted by atomic mass is 9.98. The van der Waals surface area contributed by atoms with Crippen molar-refractivity contribution in [2.24, 2.45) is 5.73 Å². The van der Waals surface area contributed by atoms with Gasteiger partial charge in [0.25, 0.3) is 0 Å². The minimum Gasteiger partial charge on any atom is -0.323 e. The molecule has 0 aromatic heterocycles. The normalized spacial score (nSPS) is 18.1. The number of nitrogens with one attached hydrogen (secondary N) is 1. The van der Waals surface area contributed by atoms with Crippen molar-refractivity contribution in [3.05, 3.63) is 28.8 Å². The number of benzene rings is 1. The van der Waals surface area contributed by atoms with Crippen molar-refractivity contribution in [1.29, 1.82) is 0 Å². The molecule has 3 N–H and O–H groups in total. The van der Waals surface area contributed by atoms with Gasteiger partial charge in [0.15, 0.2) is 0 Å². The Morgan fingerprint density at radius 3 is 2.65 bits per heavy atom. The van der Waals surface area contributed by atoms with Crippen LogP contribution in [0.15, 0.2) is 18.2 Å². The van der Waals surface area contributed by atoms with E-state index in [1.54, 1.807) is 6.07 Å².